The van der Waals surface area contributed by atoms with E-state index in [0.29, 0.717) is 5.92 Å². The Bertz CT molecular complexity index is 809. The van der Waals surface area contributed by atoms with E-state index in [-0.39, 0.29) is 0 Å². The summed E-state index contributed by atoms with van der Waals surface area (Å²) in [4.78, 5) is 9.43. The summed E-state index contributed by atoms with van der Waals surface area (Å²) in [6, 6.07) is 12.1. The lowest BCUT2D eigenvalue weighted by atomic mass is 10.1. The molecule has 0 aliphatic carbocycles. The third-order valence-electron chi connectivity index (χ3n) is 4.05. The van der Waals surface area contributed by atoms with Crippen LogP contribution in [0.15, 0.2) is 42.6 Å². The Morgan fingerprint density at radius 3 is 3.05 bits per heavy atom. The smallest absolute Gasteiger partial charge is 0.164 e. The number of hydrogen-bond donors (Lipinski definition) is 0. The number of thioether (sulfide) groups is 1. The molecule has 3 aromatic rings. The highest BCUT2D eigenvalue weighted by Gasteiger charge is 2.25. The number of rotatable bonds is 3. The summed E-state index contributed by atoms with van der Waals surface area (Å²) in [5, 5.41) is 0. The van der Waals surface area contributed by atoms with Gasteiger partial charge in [-0.25, -0.2) is 9.97 Å². The van der Waals surface area contributed by atoms with E-state index in [2.05, 4.69) is 15.6 Å². The van der Waals surface area contributed by atoms with Gasteiger partial charge in [-0.2, -0.15) is 11.8 Å². The summed E-state index contributed by atoms with van der Waals surface area (Å²) >= 11 is 2.00. The zero-order chi connectivity index (χ0) is 14.9. The fourth-order valence-electron chi connectivity index (χ4n) is 2.95. The first-order valence-corrected chi connectivity index (χ1v) is 8.58. The molecule has 0 spiro atoms. The Hall–Kier alpha value is -2.01. The van der Waals surface area contributed by atoms with Crippen molar-refractivity contribution < 1.29 is 4.74 Å². The summed E-state index contributed by atoms with van der Waals surface area (Å²) in [6.07, 6.45) is 3.01. The summed E-state index contributed by atoms with van der Waals surface area (Å²) in [5.41, 5.74) is 2.94. The van der Waals surface area contributed by atoms with Crippen LogP contribution in [-0.2, 0) is 0 Å². The zero-order valence-corrected chi connectivity index (χ0v) is 13.2. The van der Waals surface area contributed by atoms with Crippen molar-refractivity contribution in [1.29, 1.82) is 0 Å². The van der Waals surface area contributed by atoms with Gasteiger partial charge in [0.25, 0.3) is 0 Å². The maximum absolute atomic E-state index is 5.37. The first-order valence-electron chi connectivity index (χ1n) is 7.42. The lowest BCUT2D eigenvalue weighted by Gasteiger charge is -2.13. The number of fused-ring (bicyclic) bond motifs is 1. The minimum atomic E-state index is 0.491. The quantitative estimate of drug-likeness (QED) is 0.740. The van der Waals surface area contributed by atoms with E-state index in [1.54, 1.807) is 7.11 Å². The lowest BCUT2D eigenvalue weighted by Crippen LogP contribution is -2.08. The third kappa shape index (κ3) is 2.25. The van der Waals surface area contributed by atoms with Crippen LogP contribution in [0.3, 0.4) is 0 Å². The first kappa shape index (κ1) is 13.6. The number of pyridine rings is 1. The van der Waals surface area contributed by atoms with E-state index in [9.17, 15) is 0 Å². The molecule has 4 rings (SSSR count). The number of imidazole rings is 1. The van der Waals surface area contributed by atoms with Crippen molar-refractivity contribution in [3.63, 3.8) is 0 Å². The number of benzene rings is 1. The van der Waals surface area contributed by atoms with Gasteiger partial charge < -0.3 is 4.74 Å². The van der Waals surface area contributed by atoms with Crippen LogP contribution < -0.4 is 4.74 Å². The Morgan fingerprint density at radius 1 is 1.27 bits per heavy atom. The summed E-state index contributed by atoms with van der Waals surface area (Å²) in [6.45, 7) is 0. The zero-order valence-electron chi connectivity index (χ0n) is 12.4. The van der Waals surface area contributed by atoms with Gasteiger partial charge in [-0.1, -0.05) is 6.07 Å². The van der Waals surface area contributed by atoms with Gasteiger partial charge in [0, 0.05) is 23.9 Å². The number of hydrogen-bond acceptors (Lipinski definition) is 4. The first-order chi connectivity index (χ1) is 10.9. The van der Waals surface area contributed by atoms with Crippen molar-refractivity contribution in [3.8, 4) is 11.4 Å². The molecule has 3 heterocycles. The second-order valence-corrected chi connectivity index (χ2v) is 6.56. The van der Waals surface area contributed by atoms with E-state index in [1.807, 2.05) is 48.3 Å². The van der Waals surface area contributed by atoms with Crippen molar-refractivity contribution in [3.05, 3.63) is 48.4 Å². The topological polar surface area (TPSA) is 39.9 Å². The number of nitrogens with zero attached hydrogens (tertiary/aromatic N) is 3. The maximum atomic E-state index is 5.37. The predicted molar refractivity (Wildman–Crippen MR) is 90.1 cm³/mol. The highest BCUT2D eigenvalue weighted by molar-refractivity contribution is 7.99. The molecule has 0 bridgehead atoms. The Labute approximate surface area is 133 Å². The molecule has 22 heavy (non-hydrogen) atoms. The lowest BCUT2D eigenvalue weighted by molar-refractivity contribution is 0.414. The monoisotopic (exact) mass is 311 g/mol. The van der Waals surface area contributed by atoms with Crippen molar-refractivity contribution in [2.24, 2.45) is 0 Å². The molecule has 4 nitrogen and oxygen atoms in total. The Morgan fingerprint density at radius 2 is 2.23 bits per heavy atom. The molecule has 1 aliphatic rings. The van der Waals surface area contributed by atoms with Gasteiger partial charge in [0.15, 0.2) is 5.65 Å². The van der Waals surface area contributed by atoms with E-state index in [0.717, 1.165) is 34.2 Å². The maximum Gasteiger partial charge on any atom is 0.164 e. The fourth-order valence-corrected chi connectivity index (χ4v) is 4.16. The molecule has 1 unspecified atom stereocenters. The van der Waals surface area contributed by atoms with E-state index < -0.39 is 0 Å². The largest absolute Gasteiger partial charge is 0.497 e. The van der Waals surface area contributed by atoms with Crippen molar-refractivity contribution in [2.45, 2.75) is 12.3 Å². The second kappa shape index (κ2) is 5.65. The molecule has 5 heteroatoms. The van der Waals surface area contributed by atoms with Gasteiger partial charge in [0.2, 0.25) is 0 Å². The molecular weight excluding hydrogens is 294 g/mol. The molecule has 1 saturated heterocycles. The minimum absolute atomic E-state index is 0.491. The molecule has 1 atom stereocenters. The summed E-state index contributed by atoms with van der Waals surface area (Å²) in [7, 11) is 1.69. The molecule has 2 aromatic heterocycles. The van der Waals surface area contributed by atoms with Crippen molar-refractivity contribution in [2.75, 3.05) is 18.6 Å². The number of ether oxygens (including phenoxy) is 1. The van der Waals surface area contributed by atoms with Crippen LogP contribution in [0.1, 0.15) is 18.2 Å². The molecule has 1 aliphatic heterocycles. The van der Waals surface area contributed by atoms with Gasteiger partial charge in [-0.05, 0) is 36.4 Å². The van der Waals surface area contributed by atoms with E-state index >= 15 is 0 Å². The van der Waals surface area contributed by atoms with Crippen LogP contribution in [-0.4, -0.2) is 33.2 Å². The average Bonchev–Trinajstić information content (AvgIpc) is 3.22. The molecular formula is C17H17N3OS. The summed E-state index contributed by atoms with van der Waals surface area (Å²) < 4.78 is 7.56. The predicted octanol–water partition coefficient (Wildman–Crippen LogP) is 3.65. The van der Waals surface area contributed by atoms with Gasteiger partial charge in [0.1, 0.15) is 17.1 Å². The standard InChI is InChI=1S/C17H17N3OS/c1-21-14-5-2-4-13(10-14)20-16(12-7-9-22-11-12)19-15-6-3-8-18-17(15)20/h2-6,8,10,12H,7,9,11H2,1H3. The van der Waals surface area contributed by atoms with E-state index in [4.69, 9.17) is 9.72 Å². The van der Waals surface area contributed by atoms with Gasteiger partial charge in [-0.3, -0.25) is 4.57 Å². The van der Waals surface area contributed by atoms with Crippen LogP contribution in [0.25, 0.3) is 16.9 Å². The Balaban J connectivity index is 1.95. The Kier molecular flexibility index (Phi) is 3.50. The highest BCUT2D eigenvalue weighted by Crippen LogP contribution is 2.35. The SMILES string of the molecule is COc1cccc(-n2c(C3CCSC3)nc3cccnc32)c1. The van der Waals surface area contributed by atoms with Crippen LogP contribution in [0.4, 0.5) is 0 Å². The van der Waals surface area contributed by atoms with Crippen LogP contribution in [0.5, 0.6) is 5.75 Å². The van der Waals surface area contributed by atoms with Crippen molar-refractivity contribution in [1.82, 2.24) is 14.5 Å². The normalized spacial score (nSPS) is 18.0. The average molecular weight is 311 g/mol. The molecule has 0 N–H and O–H groups in total. The van der Waals surface area contributed by atoms with Crippen LogP contribution in [0.2, 0.25) is 0 Å². The number of methoxy groups -OCH3 is 1. The van der Waals surface area contributed by atoms with Gasteiger partial charge in [0.05, 0.1) is 12.8 Å². The molecule has 1 fully saturated rings. The highest BCUT2D eigenvalue weighted by atomic mass is 32.2. The molecule has 0 saturated carbocycles. The third-order valence-corrected chi connectivity index (χ3v) is 5.21. The van der Waals surface area contributed by atoms with Crippen molar-refractivity contribution >= 4 is 22.9 Å². The molecule has 0 amide bonds. The molecule has 1 aromatic carbocycles. The van der Waals surface area contributed by atoms with Gasteiger partial charge >= 0.3 is 0 Å². The van der Waals surface area contributed by atoms with E-state index in [1.165, 1.54) is 12.2 Å². The van der Waals surface area contributed by atoms with Gasteiger partial charge in [-0.15, -0.1) is 0 Å². The molecule has 0 radical (unpaired) electrons. The minimum Gasteiger partial charge on any atom is -0.497 e. The fraction of sp³-hybridized carbons (Fsp3) is 0.294. The summed E-state index contributed by atoms with van der Waals surface area (Å²) in [5.74, 6) is 4.80. The van der Waals surface area contributed by atoms with Crippen LogP contribution in [0, 0.1) is 0 Å². The number of aromatic nitrogens is 3. The molecule has 112 valence electrons. The second-order valence-electron chi connectivity index (χ2n) is 5.41. The van der Waals surface area contributed by atoms with Crippen LogP contribution >= 0.6 is 11.8 Å².